The third-order valence-corrected chi connectivity index (χ3v) is 5.42. The van der Waals surface area contributed by atoms with Crippen molar-refractivity contribution >= 4 is 17.7 Å². The van der Waals surface area contributed by atoms with Crippen LogP contribution in [0.15, 0.2) is 0 Å². The normalized spacial score (nSPS) is 12.5. The second-order valence-electron chi connectivity index (χ2n) is 8.76. The average Bonchev–Trinajstić information content (AvgIpc) is 2.72. The molecule has 7 nitrogen and oxygen atoms in total. The molecule has 0 saturated heterocycles. The lowest BCUT2D eigenvalue weighted by Crippen LogP contribution is -2.23. The molecule has 0 fully saturated rings. The predicted molar refractivity (Wildman–Crippen MR) is 127 cm³/mol. The van der Waals surface area contributed by atoms with Gasteiger partial charge >= 0.3 is 11.9 Å². The number of carbonyl (C=O) groups excluding carboxylic acids is 1. The molecule has 0 aromatic rings. The monoisotopic (exact) mass is 460 g/mol. The van der Waals surface area contributed by atoms with Crippen LogP contribution < -0.4 is 0 Å². The van der Waals surface area contributed by atoms with Gasteiger partial charge < -0.3 is 20.4 Å². The smallest absolute Gasteiger partial charge is 0.310 e. The number of carboxylic acids is 2. The number of Topliss-reactive ketones (excluding diaryl/α,β-unsaturated/α-hetero) is 1. The molecular formula is C25H48O7. The molecule has 0 aromatic carbocycles. The maximum absolute atomic E-state index is 11.1. The summed E-state index contributed by atoms with van der Waals surface area (Å²) in [6.45, 7) is 3.14. The maximum Gasteiger partial charge on any atom is 0.310 e. The SMILES string of the molecule is CC(=O)CC(=O)O.CCCCCCCCCCCCCCCCC(CC(O)CO)C(=O)O. The van der Waals surface area contributed by atoms with Crippen LogP contribution in [-0.4, -0.2) is 50.9 Å². The Morgan fingerprint density at radius 1 is 0.719 bits per heavy atom. The van der Waals surface area contributed by atoms with Crippen molar-refractivity contribution in [1.29, 1.82) is 0 Å². The molecule has 0 aliphatic heterocycles. The van der Waals surface area contributed by atoms with Gasteiger partial charge in [-0.3, -0.25) is 14.4 Å². The summed E-state index contributed by atoms with van der Waals surface area (Å²) in [6, 6.07) is 0. The molecule has 190 valence electrons. The maximum atomic E-state index is 11.1. The predicted octanol–water partition coefficient (Wildman–Crippen LogP) is 5.35. The van der Waals surface area contributed by atoms with Gasteiger partial charge in [0.2, 0.25) is 0 Å². The van der Waals surface area contributed by atoms with Crippen LogP contribution in [0.3, 0.4) is 0 Å². The number of carbonyl (C=O) groups is 3. The van der Waals surface area contributed by atoms with Crippen LogP contribution in [0.5, 0.6) is 0 Å². The number of hydrogen-bond donors (Lipinski definition) is 4. The summed E-state index contributed by atoms with van der Waals surface area (Å²) in [7, 11) is 0. The number of aliphatic hydroxyl groups is 2. The van der Waals surface area contributed by atoms with Gasteiger partial charge in [0.05, 0.1) is 18.6 Å². The molecule has 0 amide bonds. The summed E-state index contributed by atoms with van der Waals surface area (Å²) in [5.74, 6) is -2.76. The van der Waals surface area contributed by atoms with E-state index in [1.807, 2.05) is 0 Å². The Balaban J connectivity index is 0. The molecular weight excluding hydrogens is 412 g/mol. The van der Waals surface area contributed by atoms with Gasteiger partial charge in [0.15, 0.2) is 0 Å². The first-order valence-electron chi connectivity index (χ1n) is 12.5. The fraction of sp³-hybridized carbons (Fsp3) is 0.880. The Labute approximate surface area is 194 Å². The Kier molecular flexibility index (Phi) is 24.7. The van der Waals surface area contributed by atoms with E-state index in [2.05, 4.69) is 6.92 Å². The minimum absolute atomic E-state index is 0.157. The van der Waals surface area contributed by atoms with E-state index in [0.29, 0.717) is 6.42 Å². The molecule has 0 spiro atoms. The Morgan fingerprint density at radius 3 is 1.41 bits per heavy atom. The largest absolute Gasteiger partial charge is 0.481 e. The summed E-state index contributed by atoms with van der Waals surface area (Å²) in [4.78, 5) is 30.6. The first-order chi connectivity index (χ1) is 15.2. The molecule has 0 radical (unpaired) electrons. The van der Waals surface area contributed by atoms with Gasteiger partial charge in [-0.1, -0.05) is 96.8 Å². The summed E-state index contributed by atoms with van der Waals surface area (Å²) >= 11 is 0. The second kappa shape index (κ2) is 24.2. The van der Waals surface area contributed by atoms with Crippen molar-refractivity contribution in [3.8, 4) is 0 Å². The summed E-state index contributed by atoms with van der Waals surface area (Å²) < 4.78 is 0. The third-order valence-electron chi connectivity index (χ3n) is 5.42. The van der Waals surface area contributed by atoms with Crippen molar-refractivity contribution in [3.63, 3.8) is 0 Å². The van der Waals surface area contributed by atoms with E-state index in [1.54, 1.807) is 0 Å². The molecule has 0 heterocycles. The van der Waals surface area contributed by atoms with Crippen molar-refractivity contribution < 1.29 is 34.8 Å². The number of carboxylic acid groups (broad SMARTS) is 2. The van der Waals surface area contributed by atoms with Crippen LogP contribution >= 0.6 is 0 Å². The lowest BCUT2D eigenvalue weighted by molar-refractivity contribution is -0.143. The highest BCUT2D eigenvalue weighted by Gasteiger charge is 2.20. The van der Waals surface area contributed by atoms with Crippen LogP contribution in [0.25, 0.3) is 0 Å². The van der Waals surface area contributed by atoms with E-state index in [4.69, 9.17) is 15.3 Å². The standard InChI is InChI=1S/C21H42O4.C4H6O3/c1-2-3-4-5-6-7-8-9-10-11-12-13-14-15-16-19(21(24)25)17-20(23)18-22;1-3(5)2-4(6)7/h19-20,22-23H,2-18H2,1H3,(H,24,25);2H2,1H3,(H,6,7). The zero-order valence-electron chi connectivity index (χ0n) is 20.4. The Hall–Kier alpha value is -1.47. The number of aliphatic carboxylic acids is 2. The molecule has 4 N–H and O–H groups in total. The van der Waals surface area contributed by atoms with E-state index < -0.39 is 24.0 Å². The Morgan fingerprint density at radius 2 is 1.12 bits per heavy atom. The van der Waals surface area contributed by atoms with Gasteiger partial charge in [-0.25, -0.2) is 0 Å². The lowest BCUT2D eigenvalue weighted by Gasteiger charge is -2.15. The van der Waals surface area contributed by atoms with E-state index in [1.165, 1.54) is 84.0 Å². The van der Waals surface area contributed by atoms with E-state index in [0.717, 1.165) is 12.8 Å². The number of unbranched alkanes of at least 4 members (excludes halogenated alkanes) is 13. The van der Waals surface area contributed by atoms with Crippen LogP contribution in [0.1, 0.15) is 123 Å². The number of hydrogen-bond acceptors (Lipinski definition) is 5. The molecule has 0 aliphatic carbocycles. The molecule has 32 heavy (non-hydrogen) atoms. The van der Waals surface area contributed by atoms with Crippen molar-refractivity contribution in [2.24, 2.45) is 5.92 Å². The number of aliphatic hydroxyl groups excluding tert-OH is 2. The average molecular weight is 461 g/mol. The van der Waals surface area contributed by atoms with Crippen molar-refractivity contribution in [3.05, 3.63) is 0 Å². The topological polar surface area (TPSA) is 132 Å². The van der Waals surface area contributed by atoms with Crippen molar-refractivity contribution in [2.75, 3.05) is 6.61 Å². The lowest BCUT2D eigenvalue weighted by atomic mass is 9.94. The van der Waals surface area contributed by atoms with E-state index in [-0.39, 0.29) is 25.2 Å². The first kappa shape index (κ1) is 32.7. The van der Waals surface area contributed by atoms with Crippen LogP contribution in [0.2, 0.25) is 0 Å². The highest BCUT2D eigenvalue weighted by molar-refractivity contribution is 5.93. The summed E-state index contributed by atoms with van der Waals surface area (Å²) in [6.07, 6.45) is 17.5. The fourth-order valence-corrected chi connectivity index (χ4v) is 3.54. The highest BCUT2D eigenvalue weighted by Crippen LogP contribution is 2.18. The summed E-state index contributed by atoms with van der Waals surface area (Å²) in [5.41, 5.74) is 0. The van der Waals surface area contributed by atoms with Gasteiger partial charge in [-0.2, -0.15) is 0 Å². The van der Waals surface area contributed by atoms with Crippen molar-refractivity contribution in [1.82, 2.24) is 0 Å². The molecule has 0 bridgehead atoms. The highest BCUT2D eigenvalue weighted by atomic mass is 16.4. The molecule has 7 heteroatoms. The van der Waals surface area contributed by atoms with Crippen molar-refractivity contribution in [2.45, 2.75) is 129 Å². The van der Waals surface area contributed by atoms with Gasteiger partial charge in [0.1, 0.15) is 12.2 Å². The first-order valence-corrected chi connectivity index (χ1v) is 12.5. The number of ketones is 1. The zero-order valence-corrected chi connectivity index (χ0v) is 20.4. The van der Waals surface area contributed by atoms with Gasteiger partial charge in [0.25, 0.3) is 0 Å². The molecule has 0 aromatic heterocycles. The Bertz CT molecular complexity index is 453. The minimum atomic E-state index is -1.06. The molecule has 2 atom stereocenters. The van der Waals surface area contributed by atoms with E-state index >= 15 is 0 Å². The van der Waals surface area contributed by atoms with Gasteiger partial charge in [0, 0.05) is 0 Å². The molecule has 0 rings (SSSR count). The van der Waals surface area contributed by atoms with Gasteiger partial charge in [-0.15, -0.1) is 0 Å². The van der Waals surface area contributed by atoms with E-state index in [9.17, 15) is 19.5 Å². The van der Waals surface area contributed by atoms with Crippen LogP contribution in [0.4, 0.5) is 0 Å². The van der Waals surface area contributed by atoms with Crippen LogP contribution in [-0.2, 0) is 14.4 Å². The zero-order chi connectivity index (χ0) is 24.6. The number of rotatable bonds is 21. The van der Waals surface area contributed by atoms with Crippen LogP contribution in [0, 0.1) is 5.92 Å². The minimum Gasteiger partial charge on any atom is -0.481 e. The molecule has 2 unspecified atom stereocenters. The third kappa shape index (κ3) is 26.6. The molecule has 0 aliphatic rings. The molecule has 0 saturated carbocycles. The van der Waals surface area contributed by atoms with Gasteiger partial charge in [-0.05, 0) is 19.8 Å². The fourth-order valence-electron chi connectivity index (χ4n) is 3.54. The quantitative estimate of drug-likeness (QED) is 0.134. The summed E-state index contributed by atoms with van der Waals surface area (Å²) in [5, 5.41) is 35.2. The second-order valence-corrected chi connectivity index (χ2v) is 8.76.